The van der Waals surface area contributed by atoms with Gasteiger partial charge in [0.15, 0.2) is 0 Å². The zero-order valence-corrected chi connectivity index (χ0v) is 20.3. The Labute approximate surface area is 199 Å². The van der Waals surface area contributed by atoms with Crippen molar-refractivity contribution in [1.29, 1.82) is 0 Å². The molecule has 0 radical (unpaired) electrons. The zero-order chi connectivity index (χ0) is 24.5. The fourth-order valence-corrected chi connectivity index (χ4v) is 6.09. The highest BCUT2D eigenvalue weighted by Gasteiger charge is 2.39. The number of nitrogens with zero attached hydrogens (tertiary/aromatic N) is 2. The zero-order valence-electron chi connectivity index (χ0n) is 18.6. The Morgan fingerprint density at radius 2 is 1.62 bits per heavy atom. The van der Waals surface area contributed by atoms with E-state index in [2.05, 4.69) is 9.82 Å². The molecular weight excluding hydrogens is 477 g/mol. The third-order valence-corrected chi connectivity index (χ3v) is 8.78. The first-order valence-corrected chi connectivity index (χ1v) is 13.7. The van der Waals surface area contributed by atoms with Crippen LogP contribution in [0.5, 0.6) is 0 Å². The SMILES string of the molecule is CCS(=O)(=O)Nc1ccc(C2=NN(S(=O)(=O)c3ccccc3C)[C@H](c3ccccc3F)C2)cc1. The van der Waals surface area contributed by atoms with E-state index in [-0.39, 0.29) is 22.6 Å². The molecule has 34 heavy (non-hydrogen) atoms. The number of sulfonamides is 2. The minimum absolute atomic E-state index is 0.0580. The van der Waals surface area contributed by atoms with Crippen LogP contribution in [0, 0.1) is 12.7 Å². The summed E-state index contributed by atoms with van der Waals surface area (Å²) in [5.74, 6) is -0.574. The highest BCUT2D eigenvalue weighted by Crippen LogP contribution is 2.38. The van der Waals surface area contributed by atoms with Crippen LogP contribution in [-0.4, -0.2) is 32.7 Å². The third-order valence-electron chi connectivity index (χ3n) is 5.63. The normalized spacial score (nSPS) is 16.4. The van der Waals surface area contributed by atoms with Crippen molar-refractivity contribution >= 4 is 31.4 Å². The number of nitrogens with one attached hydrogen (secondary N) is 1. The van der Waals surface area contributed by atoms with E-state index < -0.39 is 31.9 Å². The molecule has 0 fully saturated rings. The Morgan fingerprint density at radius 1 is 0.971 bits per heavy atom. The van der Waals surface area contributed by atoms with Crippen LogP contribution in [0.15, 0.2) is 82.8 Å². The predicted octanol–water partition coefficient (Wildman–Crippen LogP) is 4.44. The largest absolute Gasteiger partial charge is 0.284 e. The smallest absolute Gasteiger partial charge is 0.279 e. The van der Waals surface area contributed by atoms with Gasteiger partial charge in [0.05, 0.1) is 22.4 Å². The van der Waals surface area contributed by atoms with Crippen LogP contribution < -0.4 is 4.72 Å². The van der Waals surface area contributed by atoms with E-state index in [1.807, 2.05) is 0 Å². The van der Waals surface area contributed by atoms with Crippen LogP contribution in [0.4, 0.5) is 10.1 Å². The summed E-state index contributed by atoms with van der Waals surface area (Å²) in [5, 5.41) is 4.42. The lowest BCUT2D eigenvalue weighted by Crippen LogP contribution is -2.28. The van der Waals surface area contributed by atoms with Crippen LogP contribution in [0.25, 0.3) is 0 Å². The third kappa shape index (κ3) is 4.69. The molecule has 0 bridgehead atoms. The van der Waals surface area contributed by atoms with Crippen molar-refractivity contribution in [3.05, 3.63) is 95.3 Å². The van der Waals surface area contributed by atoms with Gasteiger partial charge in [-0.3, -0.25) is 4.72 Å². The van der Waals surface area contributed by atoms with Gasteiger partial charge in [0.2, 0.25) is 10.0 Å². The monoisotopic (exact) mass is 501 g/mol. The molecule has 0 aromatic heterocycles. The number of hydrogen-bond donors (Lipinski definition) is 1. The van der Waals surface area contributed by atoms with Crippen LogP contribution in [0.1, 0.15) is 36.1 Å². The van der Waals surface area contributed by atoms with Crippen LogP contribution in [-0.2, 0) is 20.0 Å². The molecule has 7 nitrogen and oxygen atoms in total. The second-order valence-electron chi connectivity index (χ2n) is 7.91. The molecule has 3 aromatic carbocycles. The molecule has 0 amide bonds. The maximum absolute atomic E-state index is 14.7. The van der Waals surface area contributed by atoms with Gasteiger partial charge in [-0.05, 0) is 49.2 Å². The number of hydrogen-bond acceptors (Lipinski definition) is 5. The Bertz CT molecular complexity index is 1450. The van der Waals surface area contributed by atoms with E-state index in [0.29, 0.717) is 22.5 Å². The van der Waals surface area contributed by atoms with Gasteiger partial charge in [-0.25, -0.2) is 12.8 Å². The van der Waals surface area contributed by atoms with Crippen molar-refractivity contribution < 1.29 is 21.2 Å². The number of rotatable bonds is 7. The summed E-state index contributed by atoms with van der Waals surface area (Å²) >= 11 is 0. The second-order valence-corrected chi connectivity index (χ2v) is 11.7. The van der Waals surface area contributed by atoms with Crippen LogP contribution in [0.2, 0.25) is 0 Å². The van der Waals surface area contributed by atoms with Crippen molar-refractivity contribution in [2.24, 2.45) is 5.10 Å². The topological polar surface area (TPSA) is 95.9 Å². The molecule has 4 rings (SSSR count). The van der Waals surface area contributed by atoms with Crippen molar-refractivity contribution in [1.82, 2.24) is 4.41 Å². The van der Waals surface area contributed by atoms with Crippen molar-refractivity contribution in [3.63, 3.8) is 0 Å². The van der Waals surface area contributed by atoms with Gasteiger partial charge in [-0.1, -0.05) is 48.5 Å². The Kier molecular flexibility index (Phi) is 6.46. The van der Waals surface area contributed by atoms with Gasteiger partial charge >= 0.3 is 0 Å². The second kappa shape index (κ2) is 9.19. The van der Waals surface area contributed by atoms with Gasteiger partial charge in [0.25, 0.3) is 10.0 Å². The molecule has 1 N–H and O–H groups in total. The summed E-state index contributed by atoms with van der Waals surface area (Å²) in [4.78, 5) is 0.102. The predicted molar refractivity (Wildman–Crippen MR) is 130 cm³/mol. The molecule has 0 spiro atoms. The number of anilines is 1. The molecule has 1 aliphatic rings. The number of benzene rings is 3. The Hall–Kier alpha value is -3.24. The lowest BCUT2D eigenvalue weighted by atomic mass is 9.99. The van der Waals surface area contributed by atoms with Gasteiger partial charge < -0.3 is 0 Å². The summed E-state index contributed by atoms with van der Waals surface area (Å²) in [6.07, 6.45) is 0.159. The molecule has 1 aliphatic heterocycles. The van der Waals surface area contributed by atoms with Crippen LogP contribution >= 0.6 is 0 Å². The van der Waals surface area contributed by atoms with Gasteiger partial charge in [0, 0.05) is 17.7 Å². The lowest BCUT2D eigenvalue weighted by Gasteiger charge is -2.24. The standard InChI is InChI=1S/C24H24FN3O4S2/c1-3-33(29,30)27-19-14-12-18(13-15-19)22-16-23(20-9-5-6-10-21(20)25)28(26-22)34(31,32)24-11-7-4-8-17(24)2/h4-15,23,27H,3,16H2,1-2H3/t23-/m0/s1. The highest BCUT2D eigenvalue weighted by atomic mass is 32.2. The minimum atomic E-state index is -4.07. The van der Waals surface area contributed by atoms with Crippen LogP contribution in [0.3, 0.4) is 0 Å². The van der Waals surface area contributed by atoms with Crippen molar-refractivity contribution in [2.75, 3.05) is 10.5 Å². The van der Waals surface area contributed by atoms with Gasteiger partial charge in [-0.2, -0.15) is 17.9 Å². The Balaban J connectivity index is 1.75. The molecule has 10 heteroatoms. The first kappa shape index (κ1) is 23.9. The highest BCUT2D eigenvalue weighted by molar-refractivity contribution is 7.92. The lowest BCUT2D eigenvalue weighted by molar-refractivity contribution is 0.362. The molecule has 0 aliphatic carbocycles. The molecule has 0 saturated heterocycles. The minimum Gasteiger partial charge on any atom is -0.284 e. The van der Waals surface area contributed by atoms with Crippen molar-refractivity contribution in [2.45, 2.75) is 31.2 Å². The van der Waals surface area contributed by atoms with Gasteiger partial charge in [-0.15, -0.1) is 0 Å². The van der Waals surface area contributed by atoms with E-state index in [0.717, 1.165) is 4.41 Å². The molecule has 0 saturated carbocycles. The Morgan fingerprint density at radius 3 is 2.26 bits per heavy atom. The summed E-state index contributed by atoms with van der Waals surface area (Å²) < 4.78 is 69.0. The summed E-state index contributed by atoms with van der Waals surface area (Å²) in [5.41, 5.74) is 2.24. The first-order chi connectivity index (χ1) is 16.1. The number of aryl methyl sites for hydroxylation is 1. The molecule has 178 valence electrons. The quantitative estimate of drug-likeness (QED) is 0.518. The van der Waals surface area contributed by atoms with Crippen molar-refractivity contribution in [3.8, 4) is 0 Å². The van der Waals surface area contributed by atoms with E-state index in [9.17, 15) is 21.2 Å². The first-order valence-electron chi connectivity index (χ1n) is 10.7. The molecular formula is C24H24FN3O4S2. The molecule has 0 unspecified atom stereocenters. The van der Waals surface area contributed by atoms with E-state index in [1.54, 1.807) is 67.6 Å². The molecule has 3 aromatic rings. The number of halogens is 1. The summed E-state index contributed by atoms with van der Waals surface area (Å²) in [7, 11) is -7.50. The average molecular weight is 502 g/mol. The van der Waals surface area contributed by atoms with Gasteiger partial charge in [0.1, 0.15) is 5.82 Å². The fraction of sp³-hybridized carbons (Fsp3) is 0.208. The average Bonchev–Trinajstić information content (AvgIpc) is 3.26. The number of hydrazone groups is 1. The molecule has 1 heterocycles. The maximum atomic E-state index is 14.7. The van der Waals surface area contributed by atoms with E-state index in [4.69, 9.17) is 0 Å². The summed E-state index contributed by atoms with van der Waals surface area (Å²) in [6, 6.07) is 18.3. The molecule has 1 atom stereocenters. The van der Waals surface area contributed by atoms with E-state index in [1.165, 1.54) is 19.1 Å². The summed E-state index contributed by atoms with van der Waals surface area (Å²) in [6.45, 7) is 3.23. The van der Waals surface area contributed by atoms with E-state index >= 15 is 0 Å². The maximum Gasteiger partial charge on any atom is 0.279 e. The fourth-order valence-electron chi connectivity index (χ4n) is 3.79.